The number of sulfonamides is 1. The first-order valence-electron chi connectivity index (χ1n) is 9.05. The minimum atomic E-state index is -3.92. The van der Waals surface area contributed by atoms with Crippen LogP contribution in [0.1, 0.15) is 13.3 Å². The van der Waals surface area contributed by atoms with Gasteiger partial charge in [0.05, 0.1) is 16.9 Å². The summed E-state index contributed by atoms with van der Waals surface area (Å²) in [5.41, 5.74) is 0.188. The monoisotopic (exact) mass is 433 g/mol. The van der Waals surface area contributed by atoms with Crippen LogP contribution < -0.4 is 14.4 Å². The zero-order valence-corrected chi connectivity index (χ0v) is 17.5. The van der Waals surface area contributed by atoms with Crippen molar-refractivity contribution >= 4 is 33.0 Å². The predicted molar refractivity (Wildman–Crippen MR) is 115 cm³/mol. The highest BCUT2D eigenvalue weighted by Gasteiger charge is 2.32. The van der Waals surface area contributed by atoms with Gasteiger partial charge in [-0.25, -0.2) is 8.42 Å². The van der Waals surface area contributed by atoms with E-state index in [2.05, 4.69) is 11.9 Å². The molecular formula is C20H23N3O6S. The number of nitrogens with zero attached hydrogens (tertiary/aromatic N) is 2. The topological polar surface area (TPSA) is 119 Å². The molecule has 0 heterocycles. The second-order valence-corrected chi connectivity index (χ2v) is 8.24. The van der Waals surface area contributed by atoms with Crippen LogP contribution in [0.2, 0.25) is 0 Å². The Hall–Kier alpha value is -3.40. The molecule has 10 heteroatoms. The van der Waals surface area contributed by atoms with Crippen LogP contribution in [0, 0.1) is 10.1 Å². The number of ether oxygens (including phenoxy) is 1. The SMILES string of the molecule is C=CCOc1cccc(NC(=O)[C@@H](CC)N(c2cccc([N+](=O)[O-])c2)S(C)(=O)=O)c1. The first-order chi connectivity index (χ1) is 14.2. The maximum absolute atomic E-state index is 12.9. The molecule has 0 aromatic heterocycles. The Kier molecular flexibility index (Phi) is 7.54. The molecule has 0 fully saturated rings. The normalized spacial score (nSPS) is 11.9. The van der Waals surface area contributed by atoms with Crippen molar-refractivity contribution in [3.63, 3.8) is 0 Å². The third-order valence-electron chi connectivity index (χ3n) is 4.09. The molecule has 9 nitrogen and oxygen atoms in total. The minimum Gasteiger partial charge on any atom is -0.489 e. The molecule has 1 N–H and O–H groups in total. The molecule has 0 bridgehead atoms. The van der Waals surface area contributed by atoms with Gasteiger partial charge in [0.25, 0.3) is 5.69 Å². The van der Waals surface area contributed by atoms with Crippen molar-refractivity contribution in [3.8, 4) is 5.75 Å². The molecule has 0 aliphatic carbocycles. The number of rotatable bonds is 10. The van der Waals surface area contributed by atoms with Gasteiger partial charge >= 0.3 is 0 Å². The highest BCUT2D eigenvalue weighted by Crippen LogP contribution is 2.27. The number of amides is 1. The summed E-state index contributed by atoms with van der Waals surface area (Å²) in [4.78, 5) is 23.4. The summed E-state index contributed by atoms with van der Waals surface area (Å²) >= 11 is 0. The van der Waals surface area contributed by atoms with Crippen LogP contribution in [0.25, 0.3) is 0 Å². The van der Waals surface area contributed by atoms with E-state index in [1.165, 1.54) is 18.2 Å². The first kappa shape index (κ1) is 22.9. The van der Waals surface area contributed by atoms with E-state index in [-0.39, 0.29) is 17.8 Å². The van der Waals surface area contributed by atoms with Gasteiger partial charge in [0.15, 0.2) is 0 Å². The van der Waals surface area contributed by atoms with E-state index in [1.807, 2.05) is 0 Å². The molecule has 0 unspecified atom stereocenters. The van der Waals surface area contributed by atoms with E-state index in [1.54, 1.807) is 37.3 Å². The standard InChI is InChI=1S/C20H23N3O6S/c1-4-12-29-18-11-6-8-15(13-18)21-20(24)19(5-2)22(30(3,27)28)16-9-7-10-17(14-16)23(25)26/h4,6-11,13-14,19H,1,5,12H2,2-3H3,(H,21,24)/t19-/m1/s1. The fourth-order valence-corrected chi connectivity index (χ4v) is 4.05. The van der Waals surface area contributed by atoms with Gasteiger partial charge in [-0.15, -0.1) is 0 Å². The zero-order chi connectivity index (χ0) is 22.3. The third-order valence-corrected chi connectivity index (χ3v) is 5.27. The summed E-state index contributed by atoms with van der Waals surface area (Å²) in [7, 11) is -3.92. The van der Waals surface area contributed by atoms with E-state index in [0.29, 0.717) is 18.0 Å². The van der Waals surface area contributed by atoms with Crippen LogP contribution in [0.4, 0.5) is 17.1 Å². The Morgan fingerprint density at radius 2 is 2.00 bits per heavy atom. The molecule has 160 valence electrons. The summed E-state index contributed by atoms with van der Waals surface area (Å²) in [6.07, 6.45) is 2.68. The van der Waals surface area contributed by atoms with Gasteiger partial charge in [-0.3, -0.25) is 19.2 Å². The van der Waals surface area contributed by atoms with Crippen molar-refractivity contribution in [2.24, 2.45) is 0 Å². The van der Waals surface area contributed by atoms with Gasteiger partial charge in [-0.05, 0) is 24.6 Å². The Morgan fingerprint density at radius 1 is 1.30 bits per heavy atom. The Balaban J connectivity index is 2.36. The van der Waals surface area contributed by atoms with E-state index < -0.39 is 26.9 Å². The molecule has 2 aromatic carbocycles. The summed E-state index contributed by atoms with van der Waals surface area (Å²) < 4.78 is 31.3. The highest BCUT2D eigenvalue weighted by atomic mass is 32.2. The molecule has 1 amide bonds. The number of hydrogen-bond donors (Lipinski definition) is 1. The minimum absolute atomic E-state index is 0.0387. The van der Waals surface area contributed by atoms with Crippen molar-refractivity contribution < 1.29 is 22.9 Å². The van der Waals surface area contributed by atoms with Crippen LogP contribution in [0.15, 0.2) is 61.2 Å². The van der Waals surface area contributed by atoms with E-state index in [0.717, 1.165) is 16.6 Å². The number of anilines is 2. The van der Waals surface area contributed by atoms with Gasteiger partial charge in [0.2, 0.25) is 15.9 Å². The van der Waals surface area contributed by atoms with Gasteiger partial charge in [-0.2, -0.15) is 0 Å². The largest absolute Gasteiger partial charge is 0.489 e. The number of hydrogen-bond acceptors (Lipinski definition) is 6. The average molecular weight is 433 g/mol. The van der Waals surface area contributed by atoms with Crippen LogP contribution in [0.3, 0.4) is 0 Å². The third kappa shape index (κ3) is 5.80. The maximum Gasteiger partial charge on any atom is 0.271 e. The number of non-ortho nitro benzene ring substituents is 1. The average Bonchev–Trinajstić information content (AvgIpc) is 2.69. The van der Waals surface area contributed by atoms with Crippen LogP contribution >= 0.6 is 0 Å². The van der Waals surface area contributed by atoms with Crippen molar-refractivity contribution in [1.82, 2.24) is 0 Å². The number of nitro benzene ring substituents is 1. The van der Waals surface area contributed by atoms with Crippen LogP contribution in [-0.2, 0) is 14.8 Å². The van der Waals surface area contributed by atoms with Gasteiger partial charge in [-0.1, -0.05) is 31.7 Å². The molecule has 2 rings (SSSR count). The van der Waals surface area contributed by atoms with Crippen molar-refractivity contribution in [2.75, 3.05) is 22.5 Å². The second-order valence-electron chi connectivity index (χ2n) is 6.38. The number of nitrogens with one attached hydrogen (secondary N) is 1. The number of carbonyl (C=O) groups excluding carboxylic acids is 1. The highest BCUT2D eigenvalue weighted by molar-refractivity contribution is 7.92. The predicted octanol–water partition coefficient (Wildman–Crippen LogP) is 3.34. The zero-order valence-electron chi connectivity index (χ0n) is 16.6. The Morgan fingerprint density at radius 3 is 2.60 bits per heavy atom. The van der Waals surface area contributed by atoms with Crippen LogP contribution in [-0.4, -0.2) is 38.2 Å². The van der Waals surface area contributed by atoms with E-state index in [4.69, 9.17) is 4.74 Å². The van der Waals surface area contributed by atoms with Gasteiger partial charge in [0, 0.05) is 23.9 Å². The summed E-state index contributed by atoms with van der Waals surface area (Å²) in [5, 5.41) is 13.8. The molecule has 2 aromatic rings. The fraction of sp³-hybridized carbons (Fsp3) is 0.250. The van der Waals surface area contributed by atoms with Gasteiger partial charge < -0.3 is 10.1 Å². The maximum atomic E-state index is 12.9. The molecule has 30 heavy (non-hydrogen) atoms. The molecule has 0 radical (unpaired) electrons. The van der Waals surface area contributed by atoms with E-state index in [9.17, 15) is 23.3 Å². The van der Waals surface area contributed by atoms with Crippen molar-refractivity contribution in [1.29, 1.82) is 0 Å². The number of nitro groups is 1. The second kappa shape index (κ2) is 9.88. The first-order valence-corrected chi connectivity index (χ1v) is 10.9. The quantitative estimate of drug-likeness (QED) is 0.349. The lowest BCUT2D eigenvalue weighted by molar-refractivity contribution is -0.384. The summed E-state index contributed by atoms with van der Waals surface area (Å²) in [6, 6.07) is 10.7. The van der Waals surface area contributed by atoms with Gasteiger partial charge in [0.1, 0.15) is 18.4 Å². The Bertz CT molecular complexity index is 1040. The van der Waals surface area contributed by atoms with Crippen molar-refractivity contribution in [2.45, 2.75) is 19.4 Å². The number of carbonyl (C=O) groups is 1. The molecular weight excluding hydrogens is 410 g/mol. The summed E-state index contributed by atoms with van der Waals surface area (Å²) in [5.74, 6) is -0.0605. The van der Waals surface area contributed by atoms with Crippen molar-refractivity contribution in [3.05, 3.63) is 71.3 Å². The Labute approximate surface area is 175 Å². The molecule has 0 aliphatic rings. The number of benzene rings is 2. The summed E-state index contributed by atoms with van der Waals surface area (Å²) in [6.45, 7) is 5.52. The lowest BCUT2D eigenvalue weighted by Crippen LogP contribution is -2.47. The molecule has 0 saturated heterocycles. The van der Waals surface area contributed by atoms with Crippen LogP contribution in [0.5, 0.6) is 5.75 Å². The molecule has 0 aliphatic heterocycles. The lowest BCUT2D eigenvalue weighted by Gasteiger charge is -2.30. The molecule has 0 saturated carbocycles. The molecule has 0 spiro atoms. The molecule has 1 atom stereocenters. The lowest BCUT2D eigenvalue weighted by atomic mass is 10.1. The fourth-order valence-electron chi connectivity index (χ4n) is 2.85. The van der Waals surface area contributed by atoms with E-state index >= 15 is 0 Å². The smallest absolute Gasteiger partial charge is 0.271 e.